The average molecular weight is 409 g/mol. The van der Waals surface area contributed by atoms with Crippen LogP contribution < -0.4 is 3.53 Å². The molecule has 0 saturated heterocycles. The van der Waals surface area contributed by atoms with E-state index in [1.165, 1.54) is 0 Å². The largest absolute Gasteiger partial charge is 0.299 e. The summed E-state index contributed by atoms with van der Waals surface area (Å²) in [6.07, 6.45) is 1.65. The molecular weight excluding hydrogens is 392 g/mol. The quantitative estimate of drug-likeness (QED) is 0.430. The Kier molecular flexibility index (Phi) is 5.50. The van der Waals surface area contributed by atoms with Gasteiger partial charge < -0.3 is 0 Å². The van der Waals surface area contributed by atoms with Crippen molar-refractivity contribution in [1.29, 1.82) is 0 Å². The Balaban J connectivity index is 4.16. The molecule has 0 atom stereocenters. The monoisotopic (exact) mass is 409 g/mol. The summed E-state index contributed by atoms with van der Waals surface area (Å²) < 4.78 is 2.89. The molecule has 0 aliphatic rings. The number of rotatable bonds is 4. The first-order valence-electron chi connectivity index (χ1n) is 4.25. The van der Waals surface area contributed by atoms with Gasteiger partial charge >= 0.3 is 0 Å². The van der Waals surface area contributed by atoms with Gasteiger partial charge in [0.05, 0.1) is 22.9 Å². The normalized spacial score (nSPS) is 12.8. The third-order valence-electron chi connectivity index (χ3n) is 1.64. The van der Waals surface area contributed by atoms with E-state index in [1.54, 1.807) is 0 Å². The molecule has 2 nitrogen and oxygen atoms in total. The number of nitrogens with one attached hydrogen (secondary N) is 1. The topological polar surface area (TPSA) is 29.1 Å². The molecule has 13 heavy (non-hydrogen) atoms. The third kappa shape index (κ3) is 7.96. The van der Waals surface area contributed by atoms with E-state index in [0.717, 1.165) is 6.42 Å². The van der Waals surface area contributed by atoms with Gasteiger partial charge in [0, 0.05) is 9.84 Å². The summed E-state index contributed by atoms with van der Waals surface area (Å²) in [6, 6.07) is 0. The average Bonchev–Trinajstić information content (AvgIpc) is 1.80. The van der Waals surface area contributed by atoms with Crippen LogP contribution >= 0.6 is 45.5 Å². The number of amides is 1. The highest BCUT2D eigenvalue weighted by Gasteiger charge is 2.28. The number of alkyl halides is 1. The van der Waals surface area contributed by atoms with E-state index in [0.29, 0.717) is 6.42 Å². The van der Waals surface area contributed by atoms with Crippen molar-refractivity contribution >= 4 is 51.4 Å². The van der Waals surface area contributed by atoms with E-state index in [1.807, 2.05) is 22.9 Å². The van der Waals surface area contributed by atoms with Gasteiger partial charge in [0.2, 0.25) is 5.91 Å². The maximum absolute atomic E-state index is 11.2. The van der Waals surface area contributed by atoms with Crippen molar-refractivity contribution in [1.82, 2.24) is 3.53 Å². The Morgan fingerprint density at radius 2 is 1.77 bits per heavy atom. The van der Waals surface area contributed by atoms with Crippen molar-refractivity contribution < 1.29 is 4.79 Å². The first-order valence-corrected chi connectivity index (χ1v) is 6.40. The highest BCUT2D eigenvalue weighted by molar-refractivity contribution is 14.1. The molecule has 0 radical (unpaired) electrons. The summed E-state index contributed by atoms with van der Waals surface area (Å²) >= 11 is 4.32. The van der Waals surface area contributed by atoms with E-state index in [2.05, 4.69) is 53.8 Å². The smallest absolute Gasteiger partial charge is 0.229 e. The van der Waals surface area contributed by atoms with Crippen LogP contribution in [0.4, 0.5) is 0 Å². The summed E-state index contributed by atoms with van der Waals surface area (Å²) in [7, 11) is 0. The Morgan fingerprint density at radius 3 is 2.08 bits per heavy atom. The van der Waals surface area contributed by atoms with Crippen LogP contribution in [0.2, 0.25) is 0 Å². The Morgan fingerprint density at radius 1 is 1.31 bits per heavy atom. The van der Waals surface area contributed by atoms with E-state index in [9.17, 15) is 4.79 Å². The molecule has 0 unspecified atom stereocenters. The molecule has 0 rings (SSSR count). The van der Waals surface area contributed by atoms with Crippen LogP contribution in [0.25, 0.3) is 0 Å². The van der Waals surface area contributed by atoms with Crippen LogP contribution in [0.3, 0.4) is 0 Å². The zero-order valence-corrected chi connectivity index (χ0v) is 12.9. The summed E-state index contributed by atoms with van der Waals surface area (Å²) in [5.41, 5.74) is 0.0833. The van der Waals surface area contributed by atoms with E-state index in [4.69, 9.17) is 0 Å². The predicted octanol–water partition coefficient (Wildman–Crippen LogP) is 3.47. The number of halogens is 2. The maximum atomic E-state index is 11.2. The lowest BCUT2D eigenvalue weighted by Gasteiger charge is -2.30. The van der Waals surface area contributed by atoms with Crippen LogP contribution in [0.15, 0.2) is 0 Å². The third-order valence-corrected chi connectivity index (χ3v) is 2.63. The van der Waals surface area contributed by atoms with Crippen molar-refractivity contribution in [2.75, 3.05) is 0 Å². The molecule has 0 spiro atoms. The summed E-state index contributed by atoms with van der Waals surface area (Å²) in [5, 5.41) is 0. The predicted molar refractivity (Wildman–Crippen MR) is 73.3 cm³/mol. The molecular formula is C9H17I2NO. The summed E-state index contributed by atoms with van der Waals surface area (Å²) in [4.78, 5) is 11.2. The lowest BCUT2D eigenvalue weighted by atomic mass is 9.81. The molecule has 0 bridgehead atoms. The second-order valence-electron chi connectivity index (χ2n) is 4.75. The van der Waals surface area contributed by atoms with Gasteiger partial charge in [-0.25, -0.2) is 0 Å². The highest BCUT2D eigenvalue weighted by Crippen LogP contribution is 2.36. The Labute approximate surface area is 108 Å². The van der Waals surface area contributed by atoms with Gasteiger partial charge in [0.15, 0.2) is 0 Å². The fraction of sp³-hybridized carbons (Fsp3) is 0.889. The van der Waals surface area contributed by atoms with Gasteiger partial charge in [-0.15, -0.1) is 0 Å². The Bertz CT molecular complexity index is 185. The van der Waals surface area contributed by atoms with E-state index in [-0.39, 0.29) is 14.7 Å². The minimum absolute atomic E-state index is 0.0833. The minimum Gasteiger partial charge on any atom is -0.299 e. The molecule has 0 aliphatic carbocycles. The molecule has 4 heteroatoms. The van der Waals surface area contributed by atoms with E-state index >= 15 is 0 Å². The fourth-order valence-electron chi connectivity index (χ4n) is 1.67. The van der Waals surface area contributed by atoms with Crippen LogP contribution in [0.5, 0.6) is 0 Å². The highest BCUT2D eigenvalue weighted by atomic mass is 127. The van der Waals surface area contributed by atoms with Gasteiger partial charge in [-0.2, -0.15) is 0 Å². The molecule has 78 valence electrons. The molecule has 0 heterocycles. The van der Waals surface area contributed by atoms with Crippen molar-refractivity contribution in [3.8, 4) is 0 Å². The van der Waals surface area contributed by atoms with Crippen LogP contribution in [0, 0.1) is 5.41 Å². The lowest BCUT2D eigenvalue weighted by molar-refractivity contribution is -0.120. The second kappa shape index (κ2) is 5.14. The lowest BCUT2D eigenvalue weighted by Crippen LogP contribution is -2.28. The molecule has 0 saturated carbocycles. The van der Waals surface area contributed by atoms with Crippen LogP contribution in [0.1, 0.15) is 40.5 Å². The zero-order chi connectivity index (χ0) is 10.7. The molecule has 1 N–H and O–H groups in total. The van der Waals surface area contributed by atoms with Crippen LogP contribution in [-0.2, 0) is 4.79 Å². The summed E-state index contributed by atoms with van der Waals surface area (Å²) in [6.45, 7) is 8.66. The molecule has 0 aromatic rings. The van der Waals surface area contributed by atoms with Crippen molar-refractivity contribution in [3.63, 3.8) is 0 Å². The number of hydrogen-bond acceptors (Lipinski definition) is 1. The minimum atomic E-state index is 0.0833. The van der Waals surface area contributed by atoms with Gasteiger partial charge in [-0.1, -0.05) is 50.3 Å². The van der Waals surface area contributed by atoms with Gasteiger partial charge in [0.1, 0.15) is 0 Å². The SMILES string of the molecule is CC(C)(I)CC(C)(C)CC(=O)NI. The van der Waals surface area contributed by atoms with Crippen molar-refractivity contribution in [2.45, 2.75) is 44.0 Å². The maximum Gasteiger partial charge on any atom is 0.229 e. The first-order chi connectivity index (χ1) is 5.66. The van der Waals surface area contributed by atoms with Crippen molar-refractivity contribution in [2.24, 2.45) is 5.41 Å². The van der Waals surface area contributed by atoms with Crippen LogP contribution in [-0.4, -0.2) is 9.33 Å². The van der Waals surface area contributed by atoms with E-state index < -0.39 is 0 Å². The number of carbonyl (C=O) groups is 1. The van der Waals surface area contributed by atoms with Gasteiger partial charge in [-0.05, 0) is 11.8 Å². The molecule has 0 fully saturated rings. The molecule has 1 amide bonds. The Hall–Kier alpha value is 0.930. The standard InChI is InChI=1S/C9H17I2NO/c1-8(2,5-7(13)12-11)6-9(3,4)10/h5-6H2,1-4H3,(H,12,13). The fourth-order valence-corrected chi connectivity index (χ4v) is 2.89. The van der Waals surface area contributed by atoms with Gasteiger partial charge in [0.25, 0.3) is 0 Å². The number of carbonyl (C=O) groups excluding carboxylic acids is 1. The summed E-state index contributed by atoms with van der Waals surface area (Å²) in [5.74, 6) is 0.117. The first kappa shape index (κ1) is 13.9. The number of hydrogen-bond donors (Lipinski definition) is 1. The van der Waals surface area contributed by atoms with Crippen molar-refractivity contribution in [3.05, 3.63) is 0 Å². The van der Waals surface area contributed by atoms with Gasteiger partial charge in [-0.3, -0.25) is 8.32 Å². The molecule has 0 aromatic carbocycles. The molecule has 0 aromatic heterocycles. The zero-order valence-electron chi connectivity index (χ0n) is 8.58. The molecule has 0 aliphatic heterocycles. The second-order valence-corrected chi connectivity index (χ2v) is 8.21.